The molecule has 5 nitrogen and oxygen atoms in total. The number of aromatic nitrogens is 3. The van der Waals surface area contributed by atoms with Crippen LogP contribution in [0.15, 0.2) is 30.5 Å². The number of hydrogen-bond donors (Lipinski definition) is 1. The van der Waals surface area contributed by atoms with Crippen LogP contribution in [0.2, 0.25) is 0 Å². The van der Waals surface area contributed by atoms with Crippen molar-refractivity contribution in [1.29, 1.82) is 0 Å². The SMILES string of the molecule is COC1(C)CC(n2ccc3cc(-c4c(O)cc(C)cc4C(F)(F)F)nnc32)C1. The number of aromatic hydroxyl groups is 1. The van der Waals surface area contributed by atoms with Crippen molar-refractivity contribution < 1.29 is 23.0 Å². The summed E-state index contributed by atoms with van der Waals surface area (Å²) in [5, 5.41) is 19.1. The molecule has 1 N–H and O–H groups in total. The second-order valence-electron chi connectivity index (χ2n) is 7.65. The van der Waals surface area contributed by atoms with E-state index < -0.39 is 17.5 Å². The van der Waals surface area contributed by atoms with Crippen molar-refractivity contribution in [2.24, 2.45) is 0 Å². The molecule has 0 radical (unpaired) electrons. The third-order valence-corrected chi connectivity index (χ3v) is 5.51. The molecule has 3 aromatic rings. The molecule has 0 atom stereocenters. The van der Waals surface area contributed by atoms with Gasteiger partial charge in [0.15, 0.2) is 5.65 Å². The molecule has 0 unspecified atom stereocenters. The van der Waals surface area contributed by atoms with Crippen LogP contribution in [0.5, 0.6) is 5.75 Å². The third-order valence-electron chi connectivity index (χ3n) is 5.51. The van der Waals surface area contributed by atoms with Gasteiger partial charge in [-0.2, -0.15) is 13.2 Å². The van der Waals surface area contributed by atoms with Crippen molar-refractivity contribution in [2.75, 3.05) is 7.11 Å². The molecule has 0 aliphatic heterocycles. The monoisotopic (exact) mass is 391 g/mol. The van der Waals surface area contributed by atoms with Crippen LogP contribution in [-0.4, -0.2) is 32.6 Å². The van der Waals surface area contributed by atoms with E-state index in [4.69, 9.17) is 4.74 Å². The zero-order valence-electron chi connectivity index (χ0n) is 15.7. The van der Waals surface area contributed by atoms with Crippen LogP contribution in [-0.2, 0) is 10.9 Å². The highest BCUT2D eigenvalue weighted by molar-refractivity contribution is 5.83. The Morgan fingerprint density at radius 2 is 1.93 bits per heavy atom. The van der Waals surface area contributed by atoms with E-state index in [9.17, 15) is 18.3 Å². The summed E-state index contributed by atoms with van der Waals surface area (Å²) in [7, 11) is 1.68. The molecule has 1 saturated carbocycles. The number of hydrogen-bond acceptors (Lipinski definition) is 4. The minimum atomic E-state index is -4.61. The summed E-state index contributed by atoms with van der Waals surface area (Å²) in [6.07, 6.45) is -1.10. The second kappa shape index (κ2) is 6.20. The smallest absolute Gasteiger partial charge is 0.417 e. The minimum Gasteiger partial charge on any atom is -0.507 e. The molecule has 4 rings (SSSR count). The molecule has 0 saturated heterocycles. The number of phenolic OH excluding ortho intramolecular Hbond substituents is 1. The van der Waals surface area contributed by atoms with Gasteiger partial charge < -0.3 is 14.4 Å². The van der Waals surface area contributed by atoms with Crippen molar-refractivity contribution in [3.05, 3.63) is 41.6 Å². The van der Waals surface area contributed by atoms with Crippen molar-refractivity contribution in [1.82, 2.24) is 14.8 Å². The molecule has 148 valence electrons. The number of halogens is 3. The van der Waals surface area contributed by atoms with Crippen LogP contribution >= 0.6 is 0 Å². The first-order valence-electron chi connectivity index (χ1n) is 8.92. The molecule has 1 fully saturated rings. The van der Waals surface area contributed by atoms with Crippen LogP contribution in [0, 0.1) is 6.92 Å². The van der Waals surface area contributed by atoms with Gasteiger partial charge in [0.25, 0.3) is 0 Å². The first kappa shape index (κ1) is 18.7. The van der Waals surface area contributed by atoms with Gasteiger partial charge in [0.1, 0.15) is 5.75 Å². The van der Waals surface area contributed by atoms with Gasteiger partial charge in [-0.25, -0.2) is 0 Å². The van der Waals surface area contributed by atoms with E-state index in [0.29, 0.717) is 16.6 Å². The fraction of sp³-hybridized carbons (Fsp3) is 0.400. The summed E-state index contributed by atoms with van der Waals surface area (Å²) in [5.74, 6) is -0.463. The standard InChI is InChI=1S/C20H20F3N3O2/c1-11-6-14(20(21,22)23)17(16(27)7-11)15-8-12-4-5-26(18(12)25-24-15)13-9-19(2,10-13)28-3/h4-8,13,27H,9-10H2,1-3H3. The Kier molecular flexibility index (Phi) is 4.15. The summed E-state index contributed by atoms with van der Waals surface area (Å²) in [4.78, 5) is 0. The maximum absolute atomic E-state index is 13.5. The van der Waals surface area contributed by atoms with Crippen LogP contribution in [0.25, 0.3) is 22.3 Å². The lowest BCUT2D eigenvalue weighted by Gasteiger charge is -2.44. The average Bonchev–Trinajstić information content (AvgIpc) is 3.00. The van der Waals surface area contributed by atoms with E-state index in [0.717, 1.165) is 18.9 Å². The summed E-state index contributed by atoms with van der Waals surface area (Å²) in [6.45, 7) is 3.54. The number of alkyl halides is 3. The molecule has 1 aliphatic rings. The molecule has 8 heteroatoms. The van der Waals surface area contributed by atoms with Crippen molar-refractivity contribution in [3.8, 4) is 17.0 Å². The Bertz CT molecular complexity index is 1050. The number of nitrogens with zero attached hydrogens (tertiary/aromatic N) is 3. The number of phenols is 1. The Morgan fingerprint density at radius 3 is 2.57 bits per heavy atom. The van der Waals surface area contributed by atoms with Gasteiger partial charge in [-0.15, -0.1) is 10.2 Å². The number of methoxy groups -OCH3 is 1. The molecule has 0 amide bonds. The highest BCUT2D eigenvalue weighted by atomic mass is 19.4. The normalized spacial score (nSPS) is 22.4. The van der Waals surface area contributed by atoms with E-state index in [1.54, 1.807) is 13.2 Å². The molecule has 28 heavy (non-hydrogen) atoms. The van der Waals surface area contributed by atoms with E-state index in [-0.39, 0.29) is 22.9 Å². The van der Waals surface area contributed by atoms with Gasteiger partial charge in [0.05, 0.1) is 22.4 Å². The predicted octanol–water partition coefficient (Wildman–Crippen LogP) is 4.87. The van der Waals surface area contributed by atoms with Crippen LogP contribution in [0.1, 0.15) is 36.9 Å². The topological polar surface area (TPSA) is 60.2 Å². The van der Waals surface area contributed by atoms with Gasteiger partial charge >= 0.3 is 6.18 Å². The van der Waals surface area contributed by atoms with E-state index in [1.807, 2.05) is 17.7 Å². The van der Waals surface area contributed by atoms with Crippen LogP contribution < -0.4 is 0 Å². The number of fused-ring (bicyclic) bond motifs is 1. The Balaban J connectivity index is 1.77. The number of ether oxygens (including phenoxy) is 1. The molecule has 1 aliphatic carbocycles. The highest BCUT2D eigenvalue weighted by Crippen LogP contribution is 2.45. The molecular formula is C20H20F3N3O2. The Hall–Kier alpha value is -2.61. The maximum atomic E-state index is 13.5. The van der Waals surface area contributed by atoms with Crippen molar-refractivity contribution in [3.63, 3.8) is 0 Å². The van der Waals surface area contributed by atoms with Crippen molar-refractivity contribution >= 4 is 11.0 Å². The molecular weight excluding hydrogens is 371 g/mol. The summed E-state index contributed by atoms with van der Waals surface area (Å²) in [5.41, 5.74) is -0.523. The van der Waals surface area contributed by atoms with Crippen molar-refractivity contribution in [2.45, 2.75) is 44.5 Å². The van der Waals surface area contributed by atoms with Crippen LogP contribution in [0.4, 0.5) is 13.2 Å². The largest absolute Gasteiger partial charge is 0.507 e. The number of benzene rings is 1. The number of aryl methyl sites for hydroxylation is 1. The highest BCUT2D eigenvalue weighted by Gasteiger charge is 2.42. The lowest BCUT2D eigenvalue weighted by Crippen LogP contribution is -2.43. The molecule has 2 aromatic heterocycles. The molecule has 0 bridgehead atoms. The quantitative estimate of drug-likeness (QED) is 0.692. The van der Waals surface area contributed by atoms with Gasteiger partial charge in [0, 0.05) is 24.7 Å². The minimum absolute atomic E-state index is 0.00888. The van der Waals surface area contributed by atoms with Gasteiger partial charge in [-0.05, 0) is 56.5 Å². The number of rotatable bonds is 3. The third kappa shape index (κ3) is 3.01. The summed E-state index contributed by atoms with van der Waals surface area (Å²) in [6, 6.07) is 5.84. The first-order chi connectivity index (χ1) is 13.1. The second-order valence-corrected chi connectivity index (χ2v) is 7.65. The molecule has 1 aromatic carbocycles. The summed E-state index contributed by atoms with van der Waals surface area (Å²) < 4.78 is 48.0. The zero-order valence-corrected chi connectivity index (χ0v) is 15.7. The van der Waals surface area contributed by atoms with Crippen LogP contribution in [0.3, 0.4) is 0 Å². The van der Waals surface area contributed by atoms with Gasteiger partial charge in [0.2, 0.25) is 0 Å². The van der Waals surface area contributed by atoms with Gasteiger partial charge in [-0.3, -0.25) is 0 Å². The van der Waals surface area contributed by atoms with E-state index >= 15 is 0 Å². The lowest BCUT2D eigenvalue weighted by molar-refractivity contribution is -0.137. The van der Waals surface area contributed by atoms with E-state index in [2.05, 4.69) is 10.2 Å². The predicted molar refractivity (Wildman–Crippen MR) is 98.1 cm³/mol. The van der Waals surface area contributed by atoms with Gasteiger partial charge in [-0.1, -0.05) is 0 Å². The Morgan fingerprint density at radius 1 is 1.21 bits per heavy atom. The fourth-order valence-corrected chi connectivity index (χ4v) is 3.93. The fourth-order valence-electron chi connectivity index (χ4n) is 3.93. The average molecular weight is 391 g/mol. The maximum Gasteiger partial charge on any atom is 0.417 e. The van der Waals surface area contributed by atoms with E-state index in [1.165, 1.54) is 19.1 Å². The lowest BCUT2D eigenvalue weighted by atomic mass is 9.77. The first-order valence-corrected chi connectivity index (χ1v) is 8.92. The molecule has 2 heterocycles. The molecule has 0 spiro atoms. The Labute approximate surface area is 159 Å². The summed E-state index contributed by atoms with van der Waals surface area (Å²) >= 11 is 0. The zero-order chi connectivity index (χ0) is 20.3.